The molecule has 0 bridgehead atoms. The van der Waals surface area contributed by atoms with Crippen LogP contribution in [0.2, 0.25) is 0 Å². The Hall–Kier alpha value is -1.88. The summed E-state index contributed by atoms with van der Waals surface area (Å²) in [6.07, 6.45) is 10.9. The number of hydrogen-bond acceptors (Lipinski definition) is 5. The van der Waals surface area contributed by atoms with E-state index in [1.165, 1.54) is 0 Å². The second-order valence-electron chi connectivity index (χ2n) is 4.33. The lowest BCUT2D eigenvalue weighted by Crippen LogP contribution is -2.15. The molecule has 102 valence electrons. The van der Waals surface area contributed by atoms with Crippen molar-refractivity contribution < 1.29 is 9.47 Å². The molecule has 1 saturated heterocycles. The molecule has 0 atom stereocenters. The van der Waals surface area contributed by atoms with Gasteiger partial charge in [-0.25, -0.2) is 9.97 Å². The molecule has 3 rings (SSSR count). The molecule has 2 aliphatic heterocycles. The van der Waals surface area contributed by atoms with Gasteiger partial charge in [0.25, 0.3) is 0 Å². The minimum absolute atomic E-state index is 0.514. The van der Waals surface area contributed by atoms with E-state index in [1.807, 2.05) is 12.1 Å². The molecule has 0 radical (unpaired) electrons. The summed E-state index contributed by atoms with van der Waals surface area (Å²) in [7, 11) is 0. The highest BCUT2D eigenvalue weighted by Crippen LogP contribution is 2.22. The number of hydrogen-bond donors (Lipinski definition) is 1. The fourth-order valence-electron chi connectivity index (χ4n) is 1.87. The Morgan fingerprint density at radius 2 is 1.89 bits per heavy atom. The maximum atomic E-state index is 5.33. The standard InChI is InChI=1S/C9H12N2O.C5H7NO/c1-4-10-9(11-5-1)8-2-6-12-7-3-8;6-5-1-3-7-4-2-5/h1,4-5,8H,2-3,6-7H2;1-3H,4,6H2. The maximum Gasteiger partial charge on any atom is 0.131 e. The van der Waals surface area contributed by atoms with Crippen LogP contribution in [0.25, 0.3) is 0 Å². The Kier molecular flexibility index (Phi) is 5.37. The molecule has 0 aromatic carbocycles. The van der Waals surface area contributed by atoms with Crippen molar-refractivity contribution in [2.24, 2.45) is 5.73 Å². The summed E-state index contributed by atoms with van der Waals surface area (Å²) in [4.78, 5) is 8.47. The largest absolute Gasteiger partial charge is 0.497 e. The van der Waals surface area contributed by atoms with E-state index in [0.29, 0.717) is 12.5 Å². The minimum atomic E-state index is 0.514. The second-order valence-corrected chi connectivity index (χ2v) is 4.33. The third-order valence-electron chi connectivity index (χ3n) is 2.94. The van der Waals surface area contributed by atoms with Crippen LogP contribution >= 0.6 is 0 Å². The van der Waals surface area contributed by atoms with Gasteiger partial charge in [-0.2, -0.15) is 0 Å². The number of nitrogens with two attached hydrogens (primary N) is 1. The Labute approximate surface area is 113 Å². The highest BCUT2D eigenvalue weighted by atomic mass is 16.5. The van der Waals surface area contributed by atoms with Crippen molar-refractivity contribution in [1.82, 2.24) is 9.97 Å². The molecule has 0 unspecified atom stereocenters. The van der Waals surface area contributed by atoms with Gasteiger partial charge in [0.2, 0.25) is 0 Å². The number of rotatable bonds is 1. The van der Waals surface area contributed by atoms with E-state index in [4.69, 9.17) is 15.2 Å². The van der Waals surface area contributed by atoms with E-state index < -0.39 is 0 Å². The topological polar surface area (TPSA) is 70.3 Å². The van der Waals surface area contributed by atoms with E-state index in [-0.39, 0.29) is 0 Å². The van der Waals surface area contributed by atoms with Crippen LogP contribution < -0.4 is 5.73 Å². The molecule has 0 amide bonds. The lowest BCUT2D eigenvalue weighted by Gasteiger charge is -2.20. The summed E-state index contributed by atoms with van der Waals surface area (Å²) < 4.78 is 10.1. The summed E-state index contributed by atoms with van der Waals surface area (Å²) >= 11 is 0. The predicted octanol–water partition coefficient (Wildman–Crippen LogP) is 1.74. The number of allylic oxidation sites excluding steroid dienone is 1. The summed E-state index contributed by atoms with van der Waals surface area (Å²) in [6, 6.07) is 1.85. The van der Waals surface area contributed by atoms with E-state index in [0.717, 1.165) is 37.6 Å². The summed E-state index contributed by atoms with van der Waals surface area (Å²) in [6.45, 7) is 2.31. The lowest BCUT2D eigenvalue weighted by molar-refractivity contribution is 0.0836. The van der Waals surface area contributed by atoms with Crippen LogP contribution in [0, 0.1) is 0 Å². The van der Waals surface area contributed by atoms with Gasteiger partial charge in [-0.3, -0.25) is 0 Å². The lowest BCUT2D eigenvalue weighted by atomic mass is 10.00. The zero-order valence-corrected chi connectivity index (χ0v) is 10.9. The van der Waals surface area contributed by atoms with Crippen LogP contribution in [-0.4, -0.2) is 29.8 Å². The normalized spacial score (nSPS) is 18.8. The molecular formula is C14H19N3O2. The molecule has 0 spiro atoms. The van der Waals surface area contributed by atoms with Gasteiger partial charge in [0.05, 0.1) is 6.26 Å². The van der Waals surface area contributed by atoms with Crippen molar-refractivity contribution in [3.63, 3.8) is 0 Å². The second kappa shape index (κ2) is 7.53. The zero-order valence-electron chi connectivity index (χ0n) is 10.9. The van der Waals surface area contributed by atoms with Crippen LogP contribution in [0.3, 0.4) is 0 Å². The first kappa shape index (κ1) is 13.5. The fourth-order valence-corrected chi connectivity index (χ4v) is 1.87. The molecule has 1 aromatic heterocycles. The van der Waals surface area contributed by atoms with Crippen molar-refractivity contribution in [3.05, 3.63) is 48.4 Å². The summed E-state index contributed by atoms with van der Waals surface area (Å²) in [5, 5.41) is 0. The van der Waals surface area contributed by atoms with Gasteiger partial charge in [0.1, 0.15) is 12.4 Å². The number of ether oxygens (including phenoxy) is 2. The van der Waals surface area contributed by atoms with Crippen molar-refractivity contribution in [3.8, 4) is 0 Å². The van der Waals surface area contributed by atoms with Crippen LogP contribution in [-0.2, 0) is 9.47 Å². The van der Waals surface area contributed by atoms with Crippen LogP contribution in [0.15, 0.2) is 42.6 Å². The molecule has 2 N–H and O–H groups in total. The van der Waals surface area contributed by atoms with Crippen molar-refractivity contribution in [2.75, 3.05) is 19.8 Å². The molecule has 3 heterocycles. The number of nitrogens with zero attached hydrogens (tertiary/aromatic N) is 2. The third-order valence-corrected chi connectivity index (χ3v) is 2.94. The van der Waals surface area contributed by atoms with Gasteiger partial charge in [-0.15, -0.1) is 0 Å². The SMILES string of the molecule is NC1=CCOC=C1.c1cnc(C2CCOCC2)nc1. The molecule has 19 heavy (non-hydrogen) atoms. The minimum Gasteiger partial charge on any atom is -0.497 e. The van der Waals surface area contributed by atoms with Crippen molar-refractivity contribution >= 4 is 0 Å². The van der Waals surface area contributed by atoms with E-state index in [1.54, 1.807) is 24.7 Å². The van der Waals surface area contributed by atoms with E-state index in [2.05, 4.69) is 9.97 Å². The molecular weight excluding hydrogens is 242 g/mol. The zero-order chi connectivity index (χ0) is 13.3. The van der Waals surface area contributed by atoms with E-state index in [9.17, 15) is 0 Å². The number of aromatic nitrogens is 2. The third kappa shape index (κ3) is 4.71. The first-order chi connectivity index (χ1) is 9.36. The average Bonchev–Trinajstić information content (AvgIpc) is 2.51. The molecule has 0 saturated carbocycles. The van der Waals surface area contributed by atoms with Gasteiger partial charge >= 0.3 is 0 Å². The highest BCUT2D eigenvalue weighted by Gasteiger charge is 2.17. The van der Waals surface area contributed by atoms with Gasteiger partial charge in [-0.05, 0) is 31.1 Å². The summed E-state index contributed by atoms with van der Waals surface area (Å²) in [5.41, 5.74) is 6.11. The fraction of sp³-hybridized carbons (Fsp3) is 0.429. The van der Waals surface area contributed by atoms with Gasteiger partial charge in [0.15, 0.2) is 0 Å². The van der Waals surface area contributed by atoms with Gasteiger partial charge < -0.3 is 15.2 Å². The summed E-state index contributed by atoms with van der Waals surface area (Å²) in [5.74, 6) is 1.49. The Morgan fingerprint density at radius 1 is 1.16 bits per heavy atom. The Morgan fingerprint density at radius 3 is 2.42 bits per heavy atom. The van der Waals surface area contributed by atoms with Crippen LogP contribution in [0.5, 0.6) is 0 Å². The predicted molar refractivity (Wildman–Crippen MR) is 72.2 cm³/mol. The van der Waals surface area contributed by atoms with Gasteiger partial charge in [-0.1, -0.05) is 0 Å². The van der Waals surface area contributed by atoms with Crippen LogP contribution in [0.4, 0.5) is 0 Å². The van der Waals surface area contributed by atoms with Crippen molar-refractivity contribution in [2.45, 2.75) is 18.8 Å². The molecule has 5 nitrogen and oxygen atoms in total. The molecule has 1 fully saturated rings. The molecule has 0 aliphatic carbocycles. The first-order valence-corrected chi connectivity index (χ1v) is 6.44. The Bertz CT molecular complexity index is 426. The maximum absolute atomic E-state index is 5.33. The molecule has 1 aromatic rings. The van der Waals surface area contributed by atoms with Crippen LogP contribution in [0.1, 0.15) is 24.6 Å². The highest BCUT2D eigenvalue weighted by molar-refractivity contribution is 5.15. The quantitative estimate of drug-likeness (QED) is 0.834. The molecule has 2 aliphatic rings. The van der Waals surface area contributed by atoms with Crippen molar-refractivity contribution in [1.29, 1.82) is 0 Å². The monoisotopic (exact) mass is 261 g/mol. The Balaban J connectivity index is 0.000000163. The molecule has 5 heteroatoms. The van der Waals surface area contributed by atoms with Gasteiger partial charge in [0, 0.05) is 37.2 Å². The first-order valence-electron chi connectivity index (χ1n) is 6.44. The van der Waals surface area contributed by atoms with E-state index >= 15 is 0 Å². The average molecular weight is 261 g/mol. The smallest absolute Gasteiger partial charge is 0.131 e.